The van der Waals surface area contributed by atoms with Gasteiger partial charge in [0.15, 0.2) is 0 Å². The number of hydrogen-bond acceptors (Lipinski definition) is 4. The van der Waals surface area contributed by atoms with Gasteiger partial charge in [0.05, 0.1) is 10.0 Å². The van der Waals surface area contributed by atoms with Crippen LogP contribution >= 0.6 is 22.9 Å². The second kappa shape index (κ2) is 5.20. The molecule has 1 N–H and O–H groups in total. The quantitative estimate of drug-likeness (QED) is 0.691. The number of methoxy groups -OCH3 is 1. The van der Waals surface area contributed by atoms with Crippen LogP contribution in [0.5, 0.6) is 0 Å². The predicted octanol–water partition coefficient (Wildman–Crippen LogP) is 3.87. The summed E-state index contributed by atoms with van der Waals surface area (Å²) in [7, 11) is 1.66. The Kier molecular flexibility index (Phi) is 3.54. The van der Waals surface area contributed by atoms with Gasteiger partial charge in [-0.15, -0.1) is 11.3 Å². The molecule has 0 saturated heterocycles. The van der Waals surface area contributed by atoms with Crippen molar-refractivity contribution in [1.82, 2.24) is 0 Å². The first-order chi connectivity index (χ1) is 9.69. The molecule has 0 spiro atoms. The van der Waals surface area contributed by atoms with E-state index in [4.69, 9.17) is 16.3 Å². The maximum absolute atomic E-state index is 9.37. The number of nitrogens with zero attached hydrogens (tertiary/aromatic N) is 1. The summed E-state index contributed by atoms with van der Waals surface area (Å²) in [6.45, 7) is 0. The molecule has 0 fully saturated rings. The van der Waals surface area contributed by atoms with E-state index in [9.17, 15) is 5.21 Å². The van der Waals surface area contributed by atoms with Gasteiger partial charge in [0.2, 0.25) is 0 Å². The van der Waals surface area contributed by atoms with E-state index in [1.807, 2.05) is 36.4 Å². The highest BCUT2D eigenvalue weighted by molar-refractivity contribution is 7.16. The van der Waals surface area contributed by atoms with Gasteiger partial charge in [-0.3, -0.25) is 0 Å². The molecule has 104 valence electrons. The van der Waals surface area contributed by atoms with Gasteiger partial charge in [-0.1, -0.05) is 41.0 Å². The summed E-state index contributed by atoms with van der Waals surface area (Å²) in [6, 6.07) is 11.9. The highest BCUT2D eigenvalue weighted by atomic mass is 35.5. The number of halogens is 1. The van der Waals surface area contributed by atoms with E-state index in [1.54, 1.807) is 7.11 Å². The lowest BCUT2D eigenvalue weighted by Gasteiger charge is -2.28. The Bertz CT molecular complexity index is 667. The Balaban J connectivity index is 2.09. The number of ether oxygens (including phenoxy) is 1. The molecule has 1 aliphatic rings. The molecule has 2 aromatic rings. The minimum atomic E-state index is -0.695. The van der Waals surface area contributed by atoms with Crippen molar-refractivity contribution in [1.29, 1.82) is 0 Å². The molecule has 1 aromatic carbocycles. The van der Waals surface area contributed by atoms with Gasteiger partial charge in [0.25, 0.3) is 0 Å². The van der Waals surface area contributed by atoms with Crippen LogP contribution in [0.1, 0.15) is 16.0 Å². The fourth-order valence-corrected chi connectivity index (χ4v) is 4.01. The minimum absolute atomic E-state index is 0.611. The molecular weight excluding hydrogens is 294 g/mol. The van der Waals surface area contributed by atoms with Crippen LogP contribution in [-0.4, -0.2) is 18.0 Å². The highest BCUT2D eigenvalue weighted by Crippen LogP contribution is 2.41. The maximum atomic E-state index is 9.37. The SMILES string of the molecule is COC1(Cc2ccc(Cl)s2)/C(=N/O)Cc2ccccc21. The summed E-state index contributed by atoms with van der Waals surface area (Å²) in [5.74, 6) is 0. The lowest BCUT2D eigenvalue weighted by atomic mass is 9.90. The van der Waals surface area contributed by atoms with Crippen molar-refractivity contribution in [2.45, 2.75) is 18.4 Å². The molecular formula is C15H14ClNO2S. The molecule has 1 aromatic heterocycles. The maximum Gasteiger partial charge on any atom is 0.139 e. The number of hydrogen-bond donors (Lipinski definition) is 1. The zero-order valence-corrected chi connectivity index (χ0v) is 12.5. The standard InChI is InChI=1S/C15H14ClNO2S/c1-19-15(9-11-6-7-14(16)20-11)12-5-3-2-4-10(12)8-13(15)17-18/h2-7,18H,8-9H2,1H3/b17-13+. The number of fused-ring (bicyclic) bond motifs is 1. The average Bonchev–Trinajstić information content (AvgIpc) is 3.01. The molecule has 1 atom stereocenters. The normalized spacial score (nSPS) is 23.2. The first-order valence-electron chi connectivity index (χ1n) is 6.29. The highest BCUT2D eigenvalue weighted by Gasteiger charge is 2.45. The van der Waals surface area contributed by atoms with Crippen LogP contribution < -0.4 is 0 Å². The van der Waals surface area contributed by atoms with Crippen LogP contribution in [0.2, 0.25) is 4.34 Å². The van der Waals surface area contributed by atoms with Crippen molar-refractivity contribution in [3.63, 3.8) is 0 Å². The van der Waals surface area contributed by atoms with Crippen molar-refractivity contribution in [3.05, 3.63) is 56.7 Å². The largest absolute Gasteiger partial charge is 0.411 e. The van der Waals surface area contributed by atoms with E-state index in [0.29, 0.717) is 18.6 Å². The zero-order chi connectivity index (χ0) is 14.2. The molecule has 0 radical (unpaired) electrons. The third kappa shape index (κ3) is 2.04. The molecule has 1 heterocycles. The van der Waals surface area contributed by atoms with Gasteiger partial charge in [0.1, 0.15) is 5.60 Å². The average molecular weight is 308 g/mol. The molecule has 3 nitrogen and oxygen atoms in total. The Morgan fingerprint density at radius 3 is 2.80 bits per heavy atom. The van der Waals surface area contributed by atoms with Gasteiger partial charge in [-0.25, -0.2) is 0 Å². The predicted molar refractivity (Wildman–Crippen MR) is 81.1 cm³/mol. The third-order valence-corrected chi connectivity index (χ3v) is 5.03. The Morgan fingerprint density at radius 2 is 2.15 bits per heavy atom. The molecule has 1 unspecified atom stereocenters. The number of oxime groups is 1. The van der Waals surface area contributed by atoms with Gasteiger partial charge >= 0.3 is 0 Å². The van der Waals surface area contributed by atoms with Crippen molar-refractivity contribution in [2.75, 3.05) is 7.11 Å². The molecule has 20 heavy (non-hydrogen) atoms. The summed E-state index contributed by atoms with van der Waals surface area (Å²) >= 11 is 7.53. The number of thiophene rings is 1. The molecule has 3 rings (SSSR count). The lowest BCUT2D eigenvalue weighted by Crippen LogP contribution is -2.36. The third-order valence-electron chi connectivity index (χ3n) is 3.80. The summed E-state index contributed by atoms with van der Waals surface area (Å²) in [6.07, 6.45) is 1.23. The molecule has 1 aliphatic carbocycles. The van der Waals surface area contributed by atoms with Gasteiger partial charge in [-0.05, 0) is 23.3 Å². The van der Waals surface area contributed by atoms with E-state index in [1.165, 1.54) is 11.3 Å². The van der Waals surface area contributed by atoms with Crippen molar-refractivity contribution in [3.8, 4) is 0 Å². The second-order valence-corrected chi connectivity index (χ2v) is 6.59. The van der Waals surface area contributed by atoms with E-state index in [-0.39, 0.29) is 0 Å². The van der Waals surface area contributed by atoms with E-state index < -0.39 is 5.60 Å². The first kappa shape index (κ1) is 13.6. The van der Waals surface area contributed by atoms with E-state index in [2.05, 4.69) is 5.16 Å². The van der Waals surface area contributed by atoms with Crippen molar-refractivity contribution >= 4 is 28.6 Å². The Labute approximate surface area is 126 Å². The van der Waals surface area contributed by atoms with Gasteiger partial charge < -0.3 is 9.94 Å². The molecule has 0 amide bonds. The summed E-state index contributed by atoms with van der Waals surface area (Å²) < 4.78 is 6.56. The number of benzene rings is 1. The second-order valence-electron chi connectivity index (χ2n) is 4.79. The smallest absolute Gasteiger partial charge is 0.139 e. The fraction of sp³-hybridized carbons (Fsp3) is 0.267. The van der Waals surface area contributed by atoms with Crippen molar-refractivity contribution in [2.24, 2.45) is 5.16 Å². The molecule has 0 saturated carbocycles. The Hall–Kier alpha value is -1.36. The molecule has 0 bridgehead atoms. The lowest BCUT2D eigenvalue weighted by molar-refractivity contribution is 0.0481. The van der Waals surface area contributed by atoms with Crippen LogP contribution in [-0.2, 0) is 23.2 Å². The van der Waals surface area contributed by atoms with Crippen LogP contribution in [0.25, 0.3) is 0 Å². The van der Waals surface area contributed by atoms with E-state index >= 15 is 0 Å². The van der Waals surface area contributed by atoms with Gasteiger partial charge in [-0.2, -0.15) is 0 Å². The summed E-state index contributed by atoms with van der Waals surface area (Å²) in [4.78, 5) is 1.11. The topological polar surface area (TPSA) is 41.8 Å². The minimum Gasteiger partial charge on any atom is -0.411 e. The molecule has 0 aliphatic heterocycles. The van der Waals surface area contributed by atoms with Crippen LogP contribution in [0.15, 0.2) is 41.6 Å². The fourth-order valence-electron chi connectivity index (χ4n) is 2.85. The van der Waals surface area contributed by atoms with Crippen LogP contribution in [0.3, 0.4) is 0 Å². The van der Waals surface area contributed by atoms with Crippen molar-refractivity contribution < 1.29 is 9.94 Å². The number of rotatable bonds is 3. The van der Waals surface area contributed by atoms with Crippen LogP contribution in [0, 0.1) is 0 Å². The van der Waals surface area contributed by atoms with Gasteiger partial charge in [0, 0.05) is 24.8 Å². The summed E-state index contributed by atoms with van der Waals surface area (Å²) in [5.41, 5.74) is 2.16. The monoisotopic (exact) mass is 307 g/mol. The summed E-state index contributed by atoms with van der Waals surface area (Å²) in [5, 5.41) is 12.9. The zero-order valence-electron chi connectivity index (χ0n) is 11.0. The molecule has 5 heteroatoms. The van der Waals surface area contributed by atoms with Crippen LogP contribution in [0.4, 0.5) is 0 Å². The first-order valence-corrected chi connectivity index (χ1v) is 7.48. The van der Waals surface area contributed by atoms with E-state index in [0.717, 1.165) is 20.3 Å². The Morgan fingerprint density at radius 1 is 1.35 bits per heavy atom.